The van der Waals surface area contributed by atoms with Crippen LogP contribution in [0.1, 0.15) is 61.3 Å². The highest BCUT2D eigenvalue weighted by Gasteiger charge is 2.13. The van der Waals surface area contributed by atoms with Gasteiger partial charge in [0.2, 0.25) is 0 Å². The lowest BCUT2D eigenvalue weighted by Crippen LogP contribution is -2.46. The Morgan fingerprint density at radius 3 is 2.05 bits per heavy atom. The van der Waals surface area contributed by atoms with Crippen LogP contribution in [0.15, 0.2) is 4.99 Å². The fourth-order valence-electron chi connectivity index (χ4n) is 1.77. The molecule has 0 aromatic carbocycles. The van der Waals surface area contributed by atoms with Crippen LogP contribution in [0.2, 0.25) is 0 Å². The second kappa shape index (κ2) is 10.6. The van der Waals surface area contributed by atoms with E-state index in [0.717, 1.165) is 25.5 Å². The lowest BCUT2D eigenvalue weighted by atomic mass is 9.89. The minimum atomic E-state index is 0. The molecule has 0 aromatic heterocycles. The van der Waals surface area contributed by atoms with E-state index in [4.69, 9.17) is 0 Å². The van der Waals surface area contributed by atoms with Gasteiger partial charge in [0.15, 0.2) is 5.96 Å². The van der Waals surface area contributed by atoms with Crippen molar-refractivity contribution in [3.63, 3.8) is 0 Å². The van der Waals surface area contributed by atoms with E-state index >= 15 is 0 Å². The quantitative estimate of drug-likeness (QED) is 0.271. The predicted molar refractivity (Wildman–Crippen MR) is 106 cm³/mol. The van der Waals surface area contributed by atoms with E-state index in [1.54, 1.807) is 0 Å². The number of guanidine groups is 1. The number of hydrogen-bond acceptors (Lipinski definition) is 2. The molecule has 0 aliphatic carbocycles. The summed E-state index contributed by atoms with van der Waals surface area (Å²) in [4.78, 5) is 4.27. The molecule has 4 nitrogen and oxygen atoms in total. The maximum Gasteiger partial charge on any atom is 0.191 e. The topological polar surface area (TPSA) is 48.5 Å². The molecule has 0 aliphatic rings. The molecular formula is C16H37IN4. The van der Waals surface area contributed by atoms with Gasteiger partial charge < -0.3 is 16.0 Å². The molecule has 0 saturated carbocycles. The first-order chi connectivity index (χ1) is 9.03. The Hall–Kier alpha value is -0.0400. The lowest BCUT2D eigenvalue weighted by Gasteiger charge is -2.24. The van der Waals surface area contributed by atoms with Crippen molar-refractivity contribution >= 4 is 29.9 Å². The normalized spacial score (nSPS) is 14.4. The first-order valence-electron chi connectivity index (χ1n) is 7.76. The molecule has 0 aliphatic heterocycles. The zero-order valence-electron chi connectivity index (χ0n) is 15.3. The largest absolute Gasteiger partial charge is 0.355 e. The van der Waals surface area contributed by atoms with Gasteiger partial charge in [-0.1, -0.05) is 20.8 Å². The molecule has 0 fully saturated rings. The zero-order chi connectivity index (χ0) is 15.8. The number of rotatable bonds is 6. The molecule has 0 aromatic rings. The van der Waals surface area contributed by atoms with Gasteiger partial charge in [0, 0.05) is 31.7 Å². The van der Waals surface area contributed by atoms with Crippen LogP contribution >= 0.6 is 24.0 Å². The third kappa shape index (κ3) is 16.2. The van der Waals surface area contributed by atoms with Crippen molar-refractivity contribution < 1.29 is 0 Å². The Bertz CT molecular complexity index is 290. The zero-order valence-corrected chi connectivity index (χ0v) is 17.6. The number of hydrogen-bond donors (Lipinski definition) is 3. The van der Waals surface area contributed by atoms with Crippen molar-refractivity contribution in [1.29, 1.82) is 0 Å². The van der Waals surface area contributed by atoms with Crippen LogP contribution in [0.3, 0.4) is 0 Å². The molecule has 0 saturated heterocycles. The number of halogens is 1. The van der Waals surface area contributed by atoms with Gasteiger partial charge in [-0.2, -0.15) is 0 Å². The van der Waals surface area contributed by atoms with Crippen molar-refractivity contribution in [1.82, 2.24) is 16.0 Å². The van der Waals surface area contributed by atoms with Crippen LogP contribution in [0.4, 0.5) is 0 Å². The summed E-state index contributed by atoms with van der Waals surface area (Å²) in [6.07, 6.45) is 2.37. The molecule has 0 spiro atoms. The van der Waals surface area contributed by atoms with Gasteiger partial charge in [0.1, 0.15) is 0 Å². The van der Waals surface area contributed by atoms with Crippen LogP contribution in [-0.4, -0.2) is 37.7 Å². The van der Waals surface area contributed by atoms with E-state index in [2.05, 4.69) is 69.4 Å². The maximum atomic E-state index is 4.27. The molecule has 1 atom stereocenters. The Morgan fingerprint density at radius 1 is 1.05 bits per heavy atom. The van der Waals surface area contributed by atoms with Gasteiger partial charge in [0.25, 0.3) is 0 Å². The van der Waals surface area contributed by atoms with Gasteiger partial charge in [-0.15, -0.1) is 24.0 Å². The molecule has 3 N–H and O–H groups in total. The highest BCUT2D eigenvalue weighted by molar-refractivity contribution is 14.0. The molecule has 0 heterocycles. The fourth-order valence-corrected chi connectivity index (χ4v) is 1.77. The van der Waals surface area contributed by atoms with E-state index < -0.39 is 0 Å². The van der Waals surface area contributed by atoms with Gasteiger partial charge in [-0.25, -0.2) is 0 Å². The van der Waals surface area contributed by atoms with Crippen molar-refractivity contribution in [3.05, 3.63) is 0 Å². The summed E-state index contributed by atoms with van der Waals surface area (Å²) in [5.41, 5.74) is 0.558. The van der Waals surface area contributed by atoms with E-state index in [1.807, 2.05) is 7.05 Å². The molecule has 0 radical (unpaired) electrons. The Labute approximate surface area is 149 Å². The fraction of sp³-hybridized carbons (Fsp3) is 0.938. The minimum Gasteiger partial charge on any atom is -0.355 e. The molecule has 1 unspecified atom stereocenters. The van der Waals surface area contributed by atoms with Crippen LogP contribution in [0, 0.1) is 5.41 Å². The number of aliphatic imine (C=N–C) groups is 1. The summed E-state index contributed by atoms with van der Waals surface area (Å²) in [5.74, 6) is 0.891. The van der Waals surface area contributed by atoms with Crippen LogP contribution in [0.5, 0.6) is 0 Å². The van der Waals surface area contributed by atoms with E-state index in [0.29, 0.717) is 11.5 Å². The van der Waals surface area contributed by atoms with Crippen molar-refractivity contribution in [2.75, 3.05) is 20.1 Å². The number of nitrogens with zero attached hydrogens (tertiary/aromatic N) is 1. The second-order valence-electron chi connectivity index (χ2n) is 7.82. The van der Waals surface area contributed by atoms with Gasteiger partial charge >= 0.3 is 0 Å². The van der Waals surface area contributed by atoms with Gasteiger partial charge in [-0.05, 0) is 46.0 Å². The molecule has 0 rings (SSSR count). The number of nitrogens with one attached hydrogen (secondary N) is 3. The van der Waals surface area contributed by atoms with Crippen molar-refractivity contribution in [2.45, 2.75) is 72.9 Å². The highest BCUT2D eigenvalue weighted by atomic mass is 127. The standard InChI is InChI=1S/C16H36N4.HI/c1-13(9-10-15(2,3)4)20-14(17-8)18-11-12-19-16(5,6)7;/h13,19H,9-12H2,1-8H3,(H2,17,18,20);1H. The average molecular weight is 412 g/mol. The summed E-state index contributed by atoms with van der Waals surface area (Å²) in [5, 5.41) is 10.2. The van der Waals surface area contributed by atoms with Crippen molar-refractivity contribution in [2.24, 2.45) is 10.4 Å². The Balaban J connectivity index is 0. The molecule has 21 heavy (non-hydrogen) atoms. The average Bonchev–Trinajstić information content (AvgIpc) is 2.28. The highest BCUT2D eigenvalue weighted by Crippen LogP contribution is 2.21. The third-order valence-corrected chi connectivity index (χ3v) is 3.01. The van der Waals surface area contributed by atoms with Crippen LogP contribution in [-0.2, 0) is 0 Å². The van der Waals surface area contributed by atoms with Crippen LogP contribution in [0.25, 0.3) is 0 Å². The SMILES string of the molecule is CN=C(NCCNC(C)(C)C)NC(C)CCC(C)(C)C.I. The molecular weight excluding hydrogens is 375 g/mol. The summed E-state index contributed by atoms with van der Waals surface area (Å²) >= 11 is 0. The van der Waals surface area contributed by atoms with Gasteiger partial charge in [-0.3, -0.25) is 4.99 Å². The summed E-state index contributed by atoms with van der Waals surface area (Å²) in [6.45, 7) is 17.4. The lowest BCUT2D eigenvalue weighted by molar-refractivity contribution is 0.346. The molecule has 0 amide bonds. The first-order valence-corrected chi connectivity index (χ1v) is 7.76. The summed E-state index contributed by atoms with van der Waals surface area (Å²) in [7, 11) is 1.82. The smallest absolute Gasteiger partial charge is 0.191 e. The first kappa shape index (κ1) is 23.2. The molecule has 128 valence electrons. The summed E-state index contributed by atoms with van der Waals surface area (Å²) in [6, 6.07) is 0.441. The van der Waals surface area contributed by atoms with E-state index in [9.17, 15) is 0 Å². The monoisotopic (exact) mass is 412 g/mol. The van der Waals surface area contributed by atoms with Gasteiger partial charge in [0.05, 0.1) is 0 Å². The Morgan fingerprint density at radius 2 is 1.62 bits per heavy atom. The van der Waals surface area contributed by atoms with Crippen LogP contribution < -0.4 is 16.0 Å². The third-order valence-electron chi connectivity index (χ3n) is 3.01. The summed E-state index contributed by atoms with van der Waals surface area (Å²) < 4.78 is 0. The van der Waals surface area contributed by atoms with E-state index in [-0.39, 0.29) is 29.5 Å². The minimum absolute atomic E-state index is 0. The maximum absolute atomic E-state index is 4.27. The molecule has 5 heteroatoms. The van der Waals surface area contributed by atoms with E-state index in [1.165, 1.54) is 6.42 Å². The predicted octanol–water partition coefficient (Wildman–Crippen LogP) is 3.37. The second-order valence-corrected chi connectivity index (χ2v) is 7.82. The Kier molecular flexibility index (Phi) is 11.8. The van der Waals surface area contributed by atoms with Crippen molar-refractivity contribution in [3.8, 4) is 0 Å². The molecule has 0 bridgehead atoms.